The van der Waals surface area contributed by atoms with E-state index in [1.165, 1.54) is 26.5 Å². The summed E-state index contributed by atoms with van der Waals surface area (Å²) in [6, 6.07) is 2.46. The van der Waals surface area contributed by atoms with Gasteiger partial charge < -0.3 is 24.5 Å². The van der Waals surface area contributed by atoms with Crippen molar-refractivity contribution in [3.63, 3.8) is 0 Å². The summed E-state index contributed by atoms with van der Waals surface area (Å²) in [5.74, 6) is -0.968. The monoisotopic (exact) mass is 424 g/mol. The third kappa shape index (κ3) is 4.51. The minimum absolute atomic E-state index is 0.0491. The number of hydrogen-bond acceptors (Lipinski definition) is 9. The van der Waals surface area contributed by atoms with Crippen LogP contribution in [0.3, 0.4) is 0 Å². The molecule has 0 aliphatic carbocycles. The molecule has 0 atom stereocenters. The summed E-state index contributed by atoms with van der Waals surface area (Å²) in [4.78, 5) is 24.6. The summed E-state index contributed by atoms with van der Waals surface area (Å²) in [5.41, 5.74) is -0.947. The van der Waals surface area contributed by atoms with Gasteiger partial charge in [0, 0.05) is 25.9 Å². The number of rotatable bonds is 7. The van der Waals surface area contributed by atoms with Gasteiger partial charge in [-0.15, -0.1) is 10.2 Å². The zero-order chi connectivity index (χ0) is 21.7. The Kier molecular flexibility index (Phi) is 6.51. The minimum Gasteiger partial charge on any atom is -0.488 e. The van der Waals surface area contributed by atoms with Gasteiger partial charge in [-0.1, -0.05) is 0 Å². The van der Waals surface area contributed by atoms with E-state index in [-0.39, 0.29) is 41.0 Å². The van der Waals surface area contributed by atoms with Crippen molar-refractivity contribution in [1.29, 1.82) is 0 Å². The maximum Gasteiger partial charge on any atom is 0.381 e. The Bertz CT molecular complexity index is 1050. The maximum absolute atomic E-state index is 13.0. The Labute approximate surface area is 168 Å². The number of amides is 1. The van der Waals surface area contributed by atoms with Crippen LogP contribution in [0.4, 0.5) is 14.5 Å². The van der Waals surface area contributed by atoms with Crippen molar-refractivity contribution < 1.29 is 27.5 Å². The predicted octanol–water partition coefficient (Wildman–Crippen LogP) is 1.23. The molecule has 30 heavy (non-hydrogen) atoms. The molecule has 0 unspecified atom stereocenters. The van der Waals surface area contributed by atoms with Gasteiger partial charge >= 0.3 is 5.63 Å². The Hall–Kier alpha value is -3.61. The topological polar surface area (TPSA) is 132 Å². The highest BCUT2D eigenvalue weighted by molar-refractivity contribution is 6.13. The normalized spacial score (nSPS) is 13.2. The highest BCUT2D eigenvalue weighted by Gasteiger charge is 2.24. The first-order chi connectivity index (χ1) is 14.4. The fourth-order valence-corrected chi connectivity index (χ4v) is 2.62. The molecule has 0 spiro atoms. The zero-order valence-electron chi connectivity index (χ0n) is 16.0. The molecule has 0 saturated heterocycles. The Balaban J connectivity index is 1.71. The summed E-state index contributed by atoms with van der Waals surface area (Å²) in [6.07, 6.45) is -1.58. The van der Waals surface area contributed by atoms with Crippen LogP contribution >= 0.6 is 0 Å². The van der Waals surface area contributed by atoms with E-state index in [2.05, 4.69) is 25.9 Å². The van der Waals surface area contributed by atoms with Gasteiger partial charge in [-0.2, -0.15) is 5.10 Å². The van der Waals surface area contributed by atoms with E-state index in [4.69, 9.17) is 13.9 Å². The molecule has 2 aromatic heterocycles. The first-order valence-corrected chi connectivity index (χ1v) is 8.66. The molecule has 3 heterocycles. The van der Waals surface area contributed by atoms with Crippen LogP contribution in [0.2, 0.25) is 0 Å². The Morgan fingerprint density at radius 2 is 2.17 bits per heavy atom. The van der Waals surface area contributed by atoms with Crippen LogP contribution in [0, 0.1) is 0 Å². The lowest BCUT2D eigenvalue weighted by Gasteiger charge is -2.11. The molecule has 2 N–H and O–H groups in total. The van der Waals surface area contributed by atoms with Crippen LogP contribution in [0.15, 0.2) is 37.7 Å². The molecule has 0 saturated carbocycles. The quantitative estimate of drug-likeness (QED) is 0.639. The van der Waals surface area contributed by atoms with Crippen molar-refractivity contribution in [2.24, 2.45) is 10.2 Å². The molecule has 13 heteroatoms. The molecule has 0 fully saturated rings. The van der Waals surface area contributed by atoms with Crippen LogP contribution in [-0.2, 0) is 4.74 Å². The van der Waals surface area contributed by atoms with Crippen LogP contribution in [-0.4, -0.2) is 54.7 Å². The molecular weight excluding hydrogens is 406 g/mol. The molecule has 1 aliphatic heterocycles. The number of methoxy groups -OCH3 is 2. The van der Waals surface area contributed by atoms with Gasteiger partial charge in [0.2, 0.25) is 5.75 Å². The van der Waals surface area contributed by atoms with Gasteiger partial charge in [0.1, 0.15) is 11.5 Å². The van der Waals surface area contributed by atoms with E-state index in [0.717, 1.165) is 10.7 Å². The minimum atomic E-state index is -2.74. The van der Waals surface area contributed by atoms with Gasteiger partial charge in [0.15, 0.2) is 11.6 Å². The van der Waals surface area contributed by atoms with E-state index < -0.39 is 18.0 Å². The average molecular weight is 424 g/mol. The lowest BCUT2D eigenvalue weighted by Crippen LogP contribution is -2.32. The van der Waals surface area contributed by atoms with Crippen molar-refractivity contribution in [1.82, 2.24) is 15.1 Å². The second-order valence-electron chi connectivity index (χ2n) is 5.93. The fraction of sp³-hybridized carbons (Fsp3) is 0.353. The molecule has 0 bridgehead atoms. The number of halogens is 2. The number of carbonyl (C=O) groups excluding carboxylic acids is 1. The standard InChI is InChI=1S/C17H18F2N6O5/c1-28-6-5-20-9-7-11(30-17(27)14(9)29-2)16(26)22-12-8-13(24-23-12)25-10(15(18)19)3-4-21-25/h3-4,7,15,20H,5-6,8H2,1-2H3,(H,22,23,26). The van der Waals surface area contributed by atoms with Gasteiger partial charge in [-0.3, -0.25) is 4.79 Å². The number of hydrogen-bond donors (Lipinski definition) is 2. The van der Waals surface area contributed by atoms with Crippen LogP contribution < -0.4 is 21.0 Å². The third-order valence-corrected chi connectivity index (χ3v) is 3.97. The summed E-state index contributed by atoms with van der Waals surface area (Å²) < 4.78 is 41.9. The highest BCUT2D eigenvalue weighted by Crippen LogP contribution is 2.22. The van der Waals surface area contributed by atoms with Crippen LogP contribution in [0.25, 0.3) is 0 Å². The van der Waals surface area contributed by atoms with Gasteiger partial charge in [0.05, 0.1) is 25.8 Å². The summed E-state index contributed by atoms with van der Waals surface area (Å²) in [6.45, 7) is 0.716. The first-order valence-electron chi connectivity index (χ1n) is 8.66. The predicted molar refractivity (Wildman–Crippen MR) is 101 cm³/mol. The number of nitrogens with one attached hydrogen (secondary N) is 2. The van der Waals surface area contributed by atoms with Crippen molar-refractivity contribution in [3.8, 4) is 5.75 Å². The molecule has 160 valence electrons. The zero-order valence-corrected chi connectivity index (χ0v) is 16.0. The largest absolute Gasteiger partial charge is 0.488 e. The van der Waals surface area contributed by atoms with Crippen molar-refractivity contribution >= 4 is 23.3 Å². The van der Waals surface area contributed by atoms with Crippen molar-refractivity contribution in [3.05, 3.63) is 40.2 Å². The fourth-order valence-electron chi connectivity index (χ4n) is 2.62. The number of ether oxygens (including phenoxy) is 2. The number of carbonyl (C=O) groups is 1. The summed E-state index contributed by atoms with van der Waals surface area (Å²) in [5, 5.41) is 16.7. The summed E-state index contributed by atoms with van der Waals surface area (Å²) >= 11 is 0. The summed E-state index contributed by atoms with van der Waals surface area (Å²) in [7, 11) is 2.81. The number of amidine groups is 1. The third-order valence-electron chi connectivity index (χ3n) is 3.97. The molecule has 0 radical (unpaired) electrons. The molecule has 1 aliphatic rings. The van der Waals surface area contributed by atoms with E-state index >= 15 is 0 Å². The maximum atomic E-state index is 13.0. The highest BCUT2D eigenvalue weighted by atomic mass is 19.3. The molecule has 0 aromatic carbocycles. The van der Waals surface area contributed by atoms with E-state index in [1.54, 1.807) is 0 Å². The SMILES string of the molecule is COCCNc1cc(C(=O)NC2=NN=C(n3nccc3C(F)F)C2)oc(=O)c1OC. The molecule has 2 aromatic rings. The molecule has 3 rings (SSSR count). The Morgan fingerprint density at radius 3 is 2.87 bits per heavy atom. The molecule has 1 amide bonds. The Morgan fingerprint density at radius 1 is 1.37 bits per heavy atom. The van der Waals surface area contributed by atoms with Gasteiger partial charge in [0.25, 0.3) is 12.3 Å². The van der Waals surface area contributed by atoms with Crippen LogP contribution in [0.1, 0.15) is 29.1 Å². The molecular formula is C17H18F2N6O5. The van der Waals surface area contributed by atoms with Crippen molar-refractivity contribution in [2.75, 3.05) is 32.7 Å². The number of anilines is 1. The van der Waals surface area contributed by atoms with E-state index in [9.17, 15) is 18.4 Å². The smallest absolute Gasteiger partial charge is 0.381 e. The first kappa shape index (κ1) is 21.1. The number of aromatic nitrogens is 2. The van der Waals surface area contributed by atoms with E-state index in [1.807, 2.05) is 0 Å². The number of nitrogens with zero attached hydrogens (tertiary/aromatic N) is 4. The average Bonchev–Trinajstić information content (AvgIpc) is 3.37. The lowest BCUT2D eigenvalue weighted by molar-refractivity contribution is 0.0944. The van der Waals surface area contributed by atoms with Gasteiger partial charge in [-0.25, -0.2) is 18.3 Å². The second kappa shape index (κ2) is 9.26. The van der Waals surface area contributed by atoms with Gasteiger partial charge in [-0.05, 0) is 6.07 Å². The van der Waals surface area contributed by atoms with Crippen molar-refractivity contribution in [2.45, 2.75) is 12.8 Å². The number of alkyl halides is 2. The second-order valence-corrected chi connectivity index (χ2v) is 5.93. The van der Waals surface area contributed by atoms with E-state index in [0.29, 0.717) is 13.2 Å². The molecule has 11 nitrogen and oxygen atoms in total. The van der Waals surface area contributed by atoms with Crippen LogP contribution in [0.5, 0.6) is 5.75 Å². The lowest BCUT2D eigenvalue weighted by atomic mass is 10.3.